The average molecular weight is 930 g/mol. The normalized spacial score (nSPS) is 11.8. The zero-order valence-corrected chi connectivity index (χ0v) is 45.0. The molecule has 0 aliphatic carbocycles. The van der Waals surface area contributed by atoms with Gasteiger partial charge >= 0.3 is 11.9 Å². The molecule has 0 spiro atoms. The number of rotatable bonds is 56. The van der Waals surface area contributed by atoms with Gasteiger partial charge in [0.15, 0.2) is 0 Å². The molecule has 0 aliphatic heterocycles. The van der Waals surface area contributed by atoms with Gasteiger partial charge in [0.1, 0.15) is 19.3 Å². The molecule has 0 saturated carbocycles. The summed E-state index contributed by atoms with van der Waals surface area (Å²) in [6.07, 6.45) is 69.3. The van der Waals surface area contributed by atoms with Gasteiger partial charge in [0.2, 0.25) is 0 Å². The molecular formula is C61H116O5. The molecular weight excluding hydrogens is 813 g/mol. The third-order valence-electron chi connectivity index (χ3n) is 13.5. The third-order valence-corrected chi connectivity index (χ3v) is 13.5. The van der Waals surface area contributed by atoms with E-state index < -0.39 is 6.10 Å². The van der Waals surface area contributed by atoms with Gasteiger partial charge in [-0.15, -0.1) is 0 Å². The van der Waals surface area contributed by atoms with E-state index in [0.29, 0.717) is 19.4 Å². The Labute approximate surface area is 413 Å². The highest BCUT2D eigenvalue weighted by molar-refractivity contribution is 5.69. The molecule has 0 N–H and O–H groups in total. The molecule has 0 aromatic heterocycles. The molecule has 5 nitrogen and oxygen atoms in total. The van der Waals surface area contributed by atoms with Crippen molar-refractivity contribution >= 4 is 11.9 Å². The predicted octanol–water partition coefficient (Wildman–Crippen LogP) is 20.4. The number of esters is 2. The molecule has 0 aromatic rings. The van der Waals surface area contributed by atoms with E-state index in [-0.39, 0.29) is 25.2 Å². The number of ether oxygens (including phenoxy) is 3. The highest BCUT2D eigenvalue weighted by Gasteiger charge is 2.16. The van der Waals surface area contributed by atoms with Gasteiger partial charge in [0.25, 0.3) is 0 Å². The van der Waals surface area contributed by atoms with Crippen LogP contribution < -0.4 is 0 Å². The van der Waals surface area contributed by atoms with Crippen molar-refractivity contribution in [1.82, 2.24) is 0 Å². The Balaban J connectivity index is 4.22. The average Bonchev–Trinajstić information content (AvgIpc) is 3.32. The Hall–Kier alpha value is -1.62. The zero-order chi connectivity index (χ0) is 47.7. The van der Waals surface area contributed by atoms with Gasteiger partial charge in [-0.25, -0.2) is 0 Å². The number of allylic oxidation sites excluding steroid dienone is 4. The van der Waals surface area contributed by atoms with Crippen LogP contribution in [0.15, 0.2) is 24.3 Å². The Bertz CT molecular complexity index is 946. The van der Waals surface area contributed by atoms with Gasteiger partial charge in [-0.1, -0.05) is 270 Å². The number of carbonyl (C=O) groups is 2. The lowest BCUT2D eigenvalue weighted by molar-refractivity contribution is -0.155. The van der Waals surface area contributed by atoms with E-state index in [2.05, 4.69) is 45.1 Å². The van der Waals surface area contributed by atoms with Crippen molar-refractivity contribution < 1.29 is 23.8 Å². The van der Waals surface area contributed by atoms with Crippen LogP contribution in [0.1, 0.15) is 329 Å². The van der Waals surface area contributed by atoms with E-state index in [0.717, 1.165) is 38.5 Å². The first-order chi connectivity index (χ1) is 32.6. The third kappa shape index (κ3) is 55.0. The number of hydrogen-bond acceptors (Lipinski definition) is 5. The van der Waals surface area contributed by atoms with Crippen LogP contribution in [-0.2, 0) is 23.8 Å². The standard InChI is InChI=1S/C61H116O5/c1-4-7-10-13-16-19-22-25-28-31-33-36-39-42-45-48-51-54-60(62)65-57-59(64-56-53-50-47-44-41-38-35-30-27-24-21-18-15-12-9-6-3)58-66-61(63)55-52-49-46-43-40-37-34-32-29-26-23-20-17-14-11-8-5-2/h25-26,28-29,59H,4-24,27,30-58H2,1-3H3/b28-25-,29-26-. The lowest BCUT2D eigenvalue weighted by Gasteiger charge is -2.18. The SMILES string of the molecule is CCCCCCCC/C=C\CCCCCCCCCC(=O)OCC(COC(=O)CCCCCCCCC/C=C\CCCCCCCC)OCCCCCCCCCCCCCCCCCC. The second-order valence-corrected chi connectivity index (χ2v) is 20.2. The van der Waals surface area contributed by atoms with Gasteiger partial charge < -0.3 is 14.2 Å². The summed E-state index contributed by atoms with van der Waals surface area (Å²) in [5.74, 6) is -0.324. The summed E-state index contributed by atoms with van der Waals surface area (Å²) in [4.78, 5) is 25.3. The topological polar surface area (TPSA) is 61.8 Å². The molecule has 0 rings (SSSR count). The van der Waals surface area contributed by atoms with Gasteiger partial charge in [0.05, 0.1) is 0 Å². The molecule has 0 aliphatic rings. The van der Waals surface area contributed by atoms with Crippen LogP contribution in [-0.4, -0.2) is 37.9 Å². The van der Waals surface area contributed by atoms with Crippen molar-refractivity contribution in [2.24, 2.45) is 0 Å². The fourth-order valence-electron chi connectivity index (χ4n) is 8.95. The van der Waals surface area contributed by atoms with Crippen LogP contribution in [0, 0.1) is 0 Å². The van der Waals surface area contributed by atoms with E-state index >= 15 is 0 Å². The minimum atomic E-state index is -0.398. The van der Waals surface area contributed by atoms with Crippen molar-refractivity contribution in [3.8, 4) is 0 Å². The highest BCUT2D eigenvalue weighted by Crippen LogP contribution is 2.16. The van der Waals surface area contributed by atoms with Crippen molar-refractivity contribution in [3.05, 3.63) is 24.3 Å². The zero-order valence-electron chi connectivity index (χ0n) is 45.0. The first-order valence-electron chi connectivity index (χ1n) is 29.9. The molecule has 0 bridgehead atoms. The summed E-state index contributed by atoms with van der Waals surface area (Å²) < 4.78 is 17.5. The maximum absolute atomic E-state index is 12.7. The van der Waals surface area contributed by atoms with Gasteiger partial charge in [-0.05, 0) is 70.6 Å². The van der Waals surface area contributed by atoms with Crippen LogP contribution in [0.5, 0.6) is 0 Å². The van der Waals surface area contributed by atoms with Crippen LogP contribution in [0.25, 0.3) is 0 Å². The van der Waals surface area contributed by atoms with E-state index in [1.807, 2.05) is 0 Å². The molecule has 0 fully saturated rings. The quantitative estimate of drug-likeness (QED) is 0.0345. The lowest BCUT2D eigenvalue weighted by Crippen LogP contribution is -2.29. The molecule has 0 amide bonds. The smallest absolute Gasteiger partial charge is 0.305 e. The second-order valence-electron chi connectivity index (χ2n) is 20.2. The number of carbonyl (C=O) groups excluding carboxylic acids is 2. The number of hydrogen-bond donors (Lipinski definition) is 0. The second kappa shape index (κ2) is 57.7. The molecule has 0 saturated heterocycles. The van der Waals surface area contributed by atoms with E-state index in [4.69, 9.17) is 14.2 Å². The molecule has 0 aromatic carbocycles. The fraction of sp³-hybridized carbons (Fsp3) is 0.902. The van der Waals surface area contributed by atoms with Gasteiger partial charge in [0, 0.05) is 19.4 Å². The van der Waals surface area contributed by atoms with Crippen molar-refractivity contribution in [2.75, 3.05) is 19.8 Å². The largest absolute Gasteiger partial charge is 0.463 e. The van der Waals surface area contributed by atoms with Gasteiger partial charge in [-0.3, -0.25) is 9.59 Å². The summed E-state index contributed by atoms with van der Waals surface area (Å²) in [6.45, 7) is 7.78. The molecule has 0 radical (unpaired) electrons. The van der Waals surface area contributed by atoms with Crippen LogP contribution in [0.4, 0.5) is 0 Å². The maximum atomic E-state index is 12.7. The summed E-state index contributed by atoms with van der Waals surface area (Å²) in [7, 11) is 0. The molecule has 0 atom stereocenters. The molecule has 66 heavy (non-hydrogen) atoms. The van der Waals surface area contributed by atoms with E-state index in [9.17, 15) is 9.59 Å². The Morgan fingerprint density at radius 3 is 0.803 bits per heavy atom. The summed E-state index contributed by atoms with van der Waals surface area (Å²) in [6, 6.07) is 0. The Kier molecular flexibility index (Phi) is 56.3. The lowest BCUT2D eigenvalue weighted by atomic mass is 10.0. The first kappa shape index (κ1) is 64.4. The van der Waals surface area contributed by atoms with Gasteiger partial charge in [-0.2, -0.15) is 0 Å². The minimum Gasteiger partial charge on any atom is -0.463 e. The van der Waals surface area contributed by atoms with E-state index in [1.165, 1.54) is 257 Å². The molecule has 390 valence electrons. The Morgan fingerprint density at radius 2 is 0.530 bits per heavy atom. The van der Waals surface area contributed by atoms with Crippen molar-refractivity contribution in [1.29, 1.82) is 0 Å². The minimum absolute atomic E-state index is 0.160. The van der Waals surface area contributed by atoms with Crippen LogP contribution in [0.2, 0.25) is 0 Å². The van der Waals surface area contributed by atoms with Crippen molar-refractivity contribution in [2.45, 2.75) is 335 Å². The molecule has 0 heterocycles. The summed E-state index contributed by atoms with van der Waals surface area (Å²) >= 11 is 0. The first-order valence-corrected chi connectivity index (χ1v) is 29.9. The summed E-state index contributed by atoms with van der Waals surface area (Å²) in [5, 5.41) is 0. The predicted molar refractivity (Wildman–Crippen MR) is 289 cm³/mol. The molecule has 0 unspecified atom stereocenters. The van der Waals surface area contributed by atoms with Crippen LogP contribution >= 0.6 is 0 Å². The van der Waals surface area contributed by atoms with E-state index in [1.54, 1.807) is 0 Å². The summed E-state index contributed by atoms with van der Waals surface area (Å²) in [5.41, 5.74) is 0. The highest BCUT2D eigenvalue weighted by atomic mass is 16.6. The monoisotopic (exact) mass is 929 g/mol. The Morgan fingerprint density at radius 1 is 0.303 bits per heavy atom. The fourth-order valence-corrected chi connectivity index (χ4v) is 8.95. The maximum Gasteiger partial charge on any atom is 0.305 e. The number of unbranched alkanes of at least 4 members (excludes halogenated alkanes) is 41. The molecule has 5 heteroatoms. The van der Waals surface area contributed by atoms with Crippen molar-refractivity contribution in [3.63, 3.8) is 0 Å². The van der Waals surface area contributed by atoms with Crippen LogP contribution in [0.3, 0.4) is 0 Å².